The van der Waals surface area contributed by atoms with Crippen molar-refractivity contribution < 1.29 is 17.6 Å². The molecule has 0 aliphatic heterocycles. The largest absolute Gasteiger partial charge is 0.350 e. The number of hydrogen-bond acceptors (Lipinski definition) is 4. The molecular formula is C26H21ClFN3O3S. The van der Waals surface area contributed by atoms with Gasteiger partial charge in [-0.1, -0.05) is 48.0 Å². The number of hydrogen-bond donors (Lipinski definition) is 1. The maximum absolute atomic E-state index is 13.5. The lowest BCUT2D eigenvalue weighted by atomic mass is 10.0. The normalized spacial score (nSPS) is 11.7. The monoisotopic (exact) mass is 509 g/mol. The molecule has 0 radical (unpaired) electrons. The highest BCUT2D eigenvalue weighted by Crippen LogP contribution is 2.28. The topological polar surface area (TPSA) is 81.1 Å². The van der Waals surface area contributed by atoms with E-state index in [1.807, 2.05) is 42.0 Å². The Morgan fingerprint density at radius 1 is 1.09 bits per heavy atom. The van der Waals surface area contributed by atoms with Crippen LogP contribution in [0.15, 0.2) is 78.1 Å². The first kappa shape index (κ1) is 24.4. The molecule has 2 heterocycles. The van der Waals surface area contributed by atoms with Crippen molar-refractivity contribution in [3.63, 3.8) is 0 Å². The highest BCUT2D eigenvalue weighted by molar-refractivity contribution is 7.90. The lowest BCUT2D eigenvalue weighted by Gasteiger charge is -2.07. The molecule has 0 fully saturated rings. The number of aryl methyl sites for hydroxylation is 1. The van der Waals surface area contributed by atoms with E-state index in [1.54, 1.807) is 24.5 Å². The number of rotatable bonds is 6. The summed E-state index contributed by atoms with van der Waals surface area (Å²) < 4.78 is 39.1. The number of anilines is 1. The highest BCUT2D eigenvalue weighted by Gasteiger charge is 2.16. The second kappa shape index (κ2) is 9.85. The van der Waals surface area contributed by atoms with Gasteiger partial charge in [-0.2, -0.15) is 0 Å². The van der Waals surface area contributed by atoms with Crippen LogP contribution in [0.4, 0.5) is 10.1 Å². The summed E-state index contributed by atoms with van der Waals surface area (Å²) in [4.78, 5) is 16.8. The molecule has 4 rings (SSSR count). The van der Waals surface area contributed by atoms with E-state index < -0.39 is 21.6 Å². The molecule has 0 unspecified atom stereocenters. The second-order valence-corrected chi connectivity index (χ2v) is 10.4. The van der Waals surface area contributed by atoms with Crippen LogP contribution in [0.5, 0.6) is 0 Å². The predicted octanol–water partition coefficient (Wildman–Crippen LogP) is 5.71. The number of amides is 1. The first-order valence-corrected chi connectivity index (χ1v) is 12.7. The van der Waals surface area contributed by atoms with Crippen LogP contribution in [0.3, 0.4) is 0 Å². The molecule has 1 N–H and O–H groups in total. The van der Waals surface area contributed by atoms with E-state index in [0.29, 0.717) is 11.1 Å². The second-order valence-electron chi connectivity index (χ2n) is 7.98. The summed E-state index contributed by atoms with van der Waals surface area (Å²) in [6.07, 6.45) is 9.10. The number of nitrogens with one attached hydrogen (secondary N) is 1. The van der Waals surface area contributed by atoms with E-state index in [9.17, 15) is 17.6 Å². The molecule has 1 amide bonds. The van der Waals surface area contributed by atoms with Crippen LogP contribution >= 0.6 is 11.6 Å². The van der Waals surface area contributed by atoms with Gasteiger partial charge in [0.05, 0.1) is 16.7 Å². The minimum atomic E-state index is -3.49. The fourth-order valence-electron chi connectivity index (χ4n) is 3.59. The van der Waals surface area contributed by atoms with Gasteiger partial charge in [0.15, 0.2) is 9.84 Å². The Hall–Kier alpha value is -3.75. The van der Waals surface area contributed by atoms with Crippen LogP contribution in [0.1, 0.15) is 21.5 Å². The number of halogens is 2. The van der Waals surface area contributed by atoms with Gasteiger partial charge in [0.25, 0.3) is 5.91 Å². The van der Waals surface area contributed by atoms with Crippen LogP contribution in [0, 0.1) is 5.82 Å². The van der Waals surface area contributed by atoms with Gasteiger partial charge in [0.1, 0.15) is 5.82 Å². The Morgan fingerprint density at radius 2 is 1.86 bits per heavy atom. The van der Waals surface area contributed by atoms with E-state index in [2.05, 4.69) is 10.3 Å². The maximum Gasteiger partial charge on any atom is 0.257 e. The van der Waals surface area contributed by atoms with E-state index in [4.69, 9.17) is 11.6 Å². The van der Waals surface area contributed by atoms with E-state index in [0.717, 1.165) is 29.3 Å². The Bertz CT molecular complexity index is 1560. The molecule has 0 saturated carbocycles. The lowest BCUT2D eigenvalue weighted by molar-refractivity contribution is 0.102. The minimum absolute atomic E-state index is 0.0169. The van der Waals surface area contributed by atoms with Crippen molar-refractivity contribution in [2.24, 2.45) is 7.05 Å². The van der Waals surface area contributed by atoms with Crippen molar-refractivity contribution in [2.75, 3.05) is 11.6 Å². The van der Waals surface area contributed by atoms with Crippen LogP contribution in [-0.4, -0.2) is 30.1 Å². The summed E-state index contributed by atoms with van der Waals surface area (Å²) in [7, 11) is -1.67. The molecule has 9 heteroatoms. The van der Waals surface area contributed by atoms with Crippen LogP contribution in [0.2, 0.25) is 5.02 Å². The van der Waals surface area contributed by atoms with Crippen molar-refractivity contribution >= 4 is 45.2 Å². The Kier molecular flexibility index (Phi) is 6.86. The molecule has 0 aliphatic carbocycles. The summed E-state index contributed by atoms with van der Waals surface area (Å²) in [6.45, 7) is 0. The Labute approximate surface area is 207 Å². The zero-order valence-corrected chi connectivity index (χ0v) is 20.4. The highest BCUT2D eigenvalue weighted by atomic mass is 35.5. The standard InChI is InChI=1S/C26H21ClFN3O3S/c1-31-16-19(26(32)30-22-11-20(27)12-23(13-22)35(2,33)34)10-25(31)24-6-4-3-5-18(24)8-7-17-9-21(28)15-29-14-17/h3-16H,1-2H3,(H,30,32)/b8-7+. The SMILES string of the molecule is Cn1cc(C(=O)Nc2cc(Cl)cc(S(C)(=O)=O)c2)cc1-c1ccccc1/C=C/c1cncc(F)c1. The van der Waals surface area contributed by atoms with Crippen LogP contribution < -0.4 is 5.32 Å². The lowest BCUT2D eigenvalue weighted by Crippen LogP contribution is -2.11. The summed E-state index contributed by atoms with van der Waals surface area (Å²) in [5.74, 6) is -0.825. The number of aromatic nitrogens is 2. The quantitative estimate of drug-likeness (QED) is 0.361. The van der Waals surface area contributed by atoms with Gasteiger partial charge < -0.3 is 9.88 Å². The third-order valence-electron chi connectivity index (χ3n) is 5.24. The molecule has 6 nitrogen and oxygen atoms in total. The first-order valence-electron chi connectivity index (χ1n) is 10.5. The van der Waals surface area contributed by atoms with Gasteiger partial charge in [-0.25, -0.2) is 12.8 Å². The van der Waals surface area contributed by atoms with Crippen LogP contribution in [0.25, 0.3) is 23.4 Å². The number of benzene rings is 2. The average molecular weight is 510 g/mol. The van der Waals surface area contributed by atoms with E-state index in [-0.39, 0.29) is 15.6 Å². The van der Waals surface area contributed by atoms with E-state index >= 15 is 0 Å². The number of nitrogens with zero attached hydrogens (tertiary/aromatic N) is 2. The van der Waals surface area contributed by atoms with Gasteiger partial charge in [-0.3, -0.25) is 9.78 Å². The van der Waals surface area contributed by atoms with Crippen molar-refractivity contribution in [1.29, 1.82) is 0 Å². The zero-order chi connectivity index (χ0) is 25.2. The molecule has 0 atom stereocenters. The molecular weight excluding hydrogens is 489 g/mol. The molecule has 0 bridgehead atoms. The van der Waals surface area contributed by atoms with Gasteiger partial charge in [0, 0.05) is 47.7 Å². The smallest absolute Gasteiger partial charge is 0.257 e. The Morgan fingerprint density at radius 3 is 2.60 bits per heavy atom. The Balaban J connectivity index is 1.62. The van der Waals surface area contributed by atoms with E-state index in [1.165, 1.54) is 24.3 Å². The van der Waals surface area contributed by atoms with Gasteiger partial charge in [-0.05, 0) is 41.5 Å². The van der Waals surface area contributed by atoms with Crippen molar-refractivity contribution in [1.82, 2.24) is 9.55 Å². The number of pyridine rings is 1. The first-order chi connectivity index (χ1) is 16.6. The molecule has 0 saturated heterocycles. The average Bonchev–Trinajstić information content (AvgIpc) is 3.18. The van der Waals surface area contributed by atoms with Gasteiger partial charge >= 0.3 is 0 Å². The fourth-order valence-corrected chi connectivity index (χ4v) is 4.57. The third kappa shape index (κ3) is 5.85. The molecule has 0 aliphatic rings. The third-order valence-corrected chi connectivity index (χ3v) is 6.55. The fraction of sp³-hybridized carbons (Fsp3) is 0.0769. The number of carbonyl (C=O) groups excluding carboxylic acids is 1. The van der Waals surface area contributed by atoms with Gasteiger partial charge in [-0.15, -0.1) is 0 Å². The van der Waals surface area contributed by atoms with Crippen molar-refractivity contribution in [2.45, 2.75) is 4.90 Å². The van der Waals surface area contributed by atoms with Gasteiger partial charge in [0.2, 0.25) is 0 Å². The maximum atomic E-state index is 13.5. The summed E-state index contributed by atoms with van der Waals surface area (Å²) in [5, 5.41) is 2.91. The predicted molar refractivity (Wildman–Crippen MR) is 136 cm³/mol. The van der Waals surface area contributed by atoms with Crippen molar-refractivity contribution in [3.8, 4) is 11.3 Å². The number of sulfone groups is 1. The summed E-state index contributed by atoms with van der Waals surface area (Å²) >= 11 is 6.04. The number of carbonyl (C=O) groups is 1. The zero-order valence-electron chi connectivity index (χ0n) is 18.9. The molecule has 4 aromatic rings. The van der Waals surface area contributed by atoms with Crippen molar-refractivity contribution in [3.05, 3.63) is 101 Å². The summed E-state index contributed by atoms with van der Waals surface area (Å²) in [5.41, 5.74) is 3.82. The molecule has 2 aromatic heterocycles. The summed E-state index contributed by atoms with van der Waals surface area (Å²) in [6, 6.07) is 14.9. The van der Waals surface area contributed by atoms with Crippen LogP contribution in [-0.2, 0) is 16.9 Å². The molecule has 178 valence electrons. The molecule has 2 aromatic carbocycles. The molecule has 35 heavy (non-hydrogen) atoms. The minimum Gasteiger partial charge on any atom is -0.350 e. The molecule has 0 spiro atoms.